The number of nitriles is 1. The van der Waals surface area contributed by atoms with Crippen LogP contribution in [0.3, 0.4) is 0 Å². The van der Waals surface area contributed by atoms with Crippen LogP contribution in [0.1, 0.15) is 55.5 Å². The van der Waals surface area contributed by atoms with E-state index < -0.39 is 5.54 Å². The maximum atomic E-state index is 13.5. The molecule has 0 spiro atoms. The number of aromatic nitrogens is 6. The normalized spacial score (nSPS) is 19.7. The zero-order chi connectivity index (χ0) is 24.0. The van der Waals surface area contributed by atoms with Crippen LogP contribution in [0.15, 0.2) is 42.7 Å². The Morgan fingerprint density at radius 3 is 3.00 bits per heavy atom. The minimum atomic E-state index is -0.739. The third-order valence-electron chi connectivity index (χ3n) is 7.03. The van der Waals surface area contributed by atoms with Crippen molar-refractivity contribution in [3.8, 4) is 6.07 Å². The fourth-order valence-corrected chi connectivity index (χ4v) is 4.80. The zero-order valence-corrected chi connectivity index (χ0v) is 19.4. The standard InChI is InChI=1S/C25H25N9O/c1-25(21(35)12-16-5-8-18(14-26)27-15-16)9-3-10-33(25)24-29-23(20-4-2-11-34(20)32-24)28-22-13-19(30-31-22)17-6-7-17/h2,4-5,8,11,13,15,17H,3,6-7,9-10,12H2,1H3,(H2,28,29,30,31,32)/t25-/m0/s1. The molecule has 1 saturated carbocycles. The van der Waals surface area contributed by atoms with Crippen LogP contribution in [0.5, 0.6) is 0 Å². The Morgan fingerprint density at radius 1 is 1.34 bits per heavy atom. The number of anilines is 3. The Hall–Kier alpha value is -4.26. The van der Waals surface area contributed by atoms with Crippen molar-refractivity contribution in [3.63, 3.8) is 0 Å². The van der Waals surface area contributed by atoms with Gasteiger partial charge in [0.1, 0.15) is 17.3 Å². The van der Waals surface area contributed by atoms with Gasteiger partial charge in [0.2, 0.25) is 5.95 Å². The molecule has 1 saturated heterocycles. The molecule has 5 heterocycles. The second kappa shape index (κ2) is 8.20. The predicted octanol–water partition coefficient (Wildman–Crippen LogP) is 3.51. The van der Waals surface area contributed by atoms with Crippen molar-refractivity contribution in [1.82, 2.24) is 29.8 Å². The molecule has 35 heavy (non-hydrogen) atoms. The van der Waals surface area contributed by atoms with Gasteiger partial charge in [-0.05, 0) is 56.4 Å². The monoisotopic (exact) mass is 467 g/mol. The fourth-order valence-electron chi connectivity index (χ4n) is 4.80. The molecule has 4 aromatic heterocycles. The number of ketones is 1. The van der Waals surface area contributed by atoms with Crippen molar-refractivity contribution < 1.29 is 4.79 Å². The Kier molecular flexibility index (Phi) is 4.99. The van der Waals surface area contributed by atoms with Gasteiger partial charge in [-0.15, -0.1) is 5.10 Å². The first-order valence-corrected chi connectivity index (χ1v) is 11.9. The fraction of sp³-hybridized carbons (Fsp3) is 0.360. The molecule has 4 aromatic rings. The van der Waals surface area contributed by atoms with E-state index in [-0.39, 0.29) is 12.2 Å². The van der Waals surface area contributed by atoms with Gasteiger partial charge in [-0.25, -0.2) is 9.50 Å². The van der Waals surface area contributed by atoms with Gasteiger partial charge in [-0.1, -0.05) is 6.07 Å². The molecule has 1 aliphatic heterocycles. The van der Waals surface area contributed by atoms with Crippen LogP contribution >= 0.6 is 0 Å². The predicted molar refractivity (Wildman–Crippen MR) is 129 cm³/mol. The van der Waals surface area contributed by atoms with Crippen LogP contribution in [-0.2, 0) is 11.2 Å². The van der Waals surface area contributed by atoms with E-state index in [9.17, 15) is 4.79 Å². The summed E-state index contributed by atoms with van der Waals surface area (Å²) in [5.74, 6) is 2.52. The third kappa shape index (κ3) is 3.89. The highest BCUT2D eigenvalue weighted by Crippen LogP contribution is 2.40. The molecule has 0 unspecified atom stereocenters. The SMILES string of the molecule is C[C@@]1(C(=O)Cc2ccc(C#N)nc2)CCCN1c1nc(Nc2cc(C3CC3)[nH]n2)c2cccn2n1. The minimum absolute atomic E-state index is 0.0774. The third-order valence-corrected chi connectivity index (χ3v) is 7.03. The number of hydrogen-bond acceptors (Lipinski definition) is 8. The van der Waals surface area contributed by atoms with Crippen molar-refractivity contribution in [3.05, 3.63) is 59.7 Å². The number of nitrogens with one attached hydrogen (secondary N) is 2. The van der Waals surface area contributed by atoms with E-state index in [1.807, 2.05) is 42.3 Å². The van der Waals surface area contributed by atoms with Crippen LogP contribution in [-0.4, -0.2) is 47.6 Å². The molecule has 10 heteroatoms. The molecule has 1 atom stereocenters. The van der Waals surface area contributed by atoms with Crippen molar-refractivity contribution in [2.75, 3.05) is 16.8 Å². The average Bonchev–Trinajstić information content (AvgIpc) is 3.23. The highest BCUT2D eigenvalue weighted by Gasteiger charge is 2.44. The first-order chi connectivity index (χ1) is 17.0. The summed E-state index contributed by atoms with van der Waals surface area (Å²) in [6, 6.07) is 11.3. The molecule has 2 fully saturated rings. The summed E-state index contributed by atoms with van der Waals surface area (Å²) in [7, 11) is 0. The van der Waals surface area contributed by atoms with Crippen LogP contribution in [0, 0.1) is 11.3 Å². The highest BCUT2D eigenvalue weighted by atomic mass is 16.1. The second-order valence-electron chi connectivity index (χ2n) is 9.50. The Bertz CT molecular complexity index is 1440. The number of hydrogen-bond donors (Lipinski definition) is 2. The van der Waals surface area contributed by atoms with Crippen molar-refractivity contribution in [2.24, 2.45) is 0 Å². The number of pyridine rings is 1. The summed E-state index contributed by atoms with van der Waals surface area (Å²) >= 11 is 0. The summed E-state index contributed by atoms with van der Waals surface area (Å²) in [5.41, 5.74) is 2.36. The molecule has 2 N–H and O–H groups in total. The lowest BCUT2D eigenvalue weighted by atomic mass is 9.89. The molecular formula is C25H25N9O. The van der Waals surface area contributed by atoms with Gasteiger partial charge in [0, 0.05) is 43.0 Å². The molecule has 0 aromatic carbocycles. The molecule has 0 amide bonds. The smallest absolute Gasteiger partial charge is 0.246 e. The summed E-state index contributed by atoms with van der Waals surface area (Å²) in [6.45, 7) is 2.65. The lowest BCUT2D eigenvalue weighted by Crippen LogP contribution is -2.49. The quantitative estimate of drug-likeness (QED) is 0.423. The van der Waals surface area contributed by atoms with Crippen molar-refractivity contribution >= 4 is 28.9 Å². The van der Waals surface area contributed by atoms with E-state index >= 15 is 0 Å². The maximum Gasteiger partial charge on any atom is 0.246 e. The van der Waals surface area contributed by atoms with E-state index in [1.54, 1.807) is 22.8 Å². The number of aromatic amines is 1. The van der Waals surface area contributed by atoms with Gasteiger partial charge in [0.25, 0.3) is 0 Å². The highest BCUT2D eigenvalue weighted by molar-refractivity contribution is 5.93. The van der Waals surface area contributed by atoms with E-state index in [0.29, 0.717) is 35.7 Å². The van der Waals surface area contributed by atoms with Gasteiger partial charge in [-0.2, -0.15) is 15.3 Å². The molecule has 176 valence electrons. The van der Waals surface area contributed by atoms with Crippen LogP contribution in [0.2, 0.25) is 0 Å². The summed E-state index contributed by atoms with van der Waals surface area (Å²) in [6.07, 6.45) is 7.70. The Morgan fingerprint density at radius 2 is 2.23 bits per heavy atom. The maximum absolute atomic E-state index is 13.5. The van der Waals surface area contributed by atoms with Gasteiger partial charge >= 0.3 is 0 Å². The van der Waals surface area contributed by atoms with E-state index in [1.165, 1.54) is 12.8 Å². The van der Waals surface area contributed by atoms with Gasteiger partial charge in [0.05, 0.1) is 5.54 Å². The topological polar surface area (TPSA) is 128 Å². The van der Waals surface area contributed by atoms with Gasteiger partial charge in [-0.3, -0.25) is 9.89 Å². The molecular weight excluding hydrogens is 442 g/mol. The lowest BCUT2D eigenvalue weighted by Gasteiger charge is -2.34. The van der Waals surface area contributed by atoms with Crippen LogP contribution in [0.25, 0.3) is 5.52 Å². The summed E-state index contributed by atoms with van der Waals surface area (Å²) < 4.78 is 1.78. The first-order valence-electron chi connectivity index (χ1n) is 11.9. The Labute approximate surface area is 202 Å². The molecule has 0 radical (unpaired) electrons. The van der Waals surface area contributed by atoms with Gasteiger partial charge in [0.15, 0.2) is 17.4 Å². The van der Waals surface area contributed by atoms with Crippen molar-refractivity contribution in [1.29, 1.82) is 5.26 Å². The molecule has 0 bridgehead atoms. The van der Waals surface area contributed by atoms with E-state index in [2.05, 4.69) is 20.5 Å². The van der Waals surface area contributed by atoms with Gasteiger partial charge < -0.3 is 10.2 Å². The number of fused-ring (bicyclic) bond motifs is 1. The average molecular weight is 468 g/mol. The van der Waals surface area contributed by atoms with Crippen LogP contribution in [0.4, 0.5) is 17.6 Å². The molecule has 2 aliphatic rings. The number of carbonyl (C=O) groups excluding carboxylic acids is 1. The largest absolute Gasteiger partial charge is 0.327 e. The minimum Gasteiger partial charge on any atom is -0.327 e. The molecule has 10 nitrogen and oxygen atoms in total. The first kappa shape index (κ1) is 21.3. The van der Waals surface area contributed by atoms with E-state index in [0.717, 1.165) is 29.6 Å². The zero-order valence-electron chi connectivity index (χ0n) is 19.4. The number of carbonyl (C=O) groups is 1. The number of rotatable bonds is 7. The van der Waals surface area contributed by atoms with E-state index in [4.69, 9.17) is 15.3 Å². The number of H-pyrrole nitrogens is 1. The van der Waals surface area contributed by atoms with Crippen LogP contribution < -0.4 is 10.2 Å². The number of nitrogens with zero attached hydrogens (tertiary/aromatic N) is 7. The summed E-state index contributed by atoms with van der Waals surface area (Å²) in [5, 5.41) is 24.6. The molecule has 6 rings (SSSR count). The Balaban J connectivity index is 1.29. The summed E-state index contributed by atoms with van der Waals surface area (Å²) in [4.78, 5) is 24.5. The van der Waals surface area contributed by atoms with Crippen molar-refractivity contribution in [2.45, 2.75) is 50.5 Å². The lowest BCUT2D eigenvalue weighted by molar-refractivity contribution is -0.122. The molecule has 1 aliphatic carbocycles. The second-order valence-corrected chi connectivity index (χ2v) is 9.50. The number of Topliss-reactive ketones (excluding diaryl/α,β-unsaturated/α-hetero) is 1.